The minimum Gasteiger partial charge on any atom is -0.342 e. The number of hydrogen-bond acceptors (Lipinski definition) is 2. The Kier molecular flexibility index (Phi) is 3.27. The summed E-state index contributed by atoms with van der Waals surface area (Å²) in [6.45, 7) is 0.752. The Morgan fingerprint density at radius 1 is 1.33 bits per heavy atom. The zero-order valence-electron chi connectivity index (χ0n) is 10.3. The van der Waals surface area contributed by atoms with E-state index in [-0.39, 0.29) is 0 Å². The highest BCUT2D eigenvalue weighted by atomic mass is 35.5. The van der Waals surface area contributed by atoms with Gasteiger partial charge in [-0.25, -0.2) is 4.98 Å². The molecule has 0 bridgehead atoms. The SMILES string of the molecule is NCC1CCCCC1c1nc2ccc(Cl)cc2[nH]1. The van der Waals surface area contributed by atoms with Crippen LogP contribution < -0.4 is 5.73 Å². The molecule has 0 spiro atoms. The van der Waals surface area contributed by atoms with Crippen LogP contribution in [0.4, 0.5) is 0 Å². The summed E-state index contributed by atoms with van der Waals surface area (Å²) in [6, 6.07) is 5.79. The van der Waals surface area contributed by atoms with Crippen LogP contribution in [-0.2, 0) is 0 Å². The molecular weight excluding hydrogens is 246 g/mol. The Labute approximate surface area is 112 Å². The second-order valence-electron chi connectivity index (χ2n) is 5.17. The number of nitrogens with one attached hydrogen (secondary N) is 1. The second kappa shape index (κ2) is 4.90. The third-order valence-corrected chi connectivity index (χ3v) is 4.26. The number of nitrogens with zero attached hydrogens (tertiary/aromatic N) is 1. The molecule has 0 aliphatic heterocycles. The topological polar surface area (TPSA) is 54.7 Å². The van der Waals surface area contributed by atoms with Gasteiger partial charge in [0.05, 0.1) is 11.0 Å². The van der Waals surface area contributed by atoms with E-state index in [0.29, 0.717) is 11.8 Å². The number of fused-ring (bicyclic) bond motifs is 1. The van der Waals surface area contributed by atoms with Gasteiger partial charge in [-0.1, -0.05) is 24.4 Å². The van der Waals surface area contributed by atoms with Gasteiger partial charge in [0.25, 0.3) is 0 Å². The maximum absolute atomic E-state index is 6.00. The van der Waals surface area contributed by atoms with E-state index in [2.05, 4.69) is 4.98 Å². The molecule has 18 heavy (non-hydrogen) atoms. The minimum atomic E-state index is 0.481. The van der Waals surface area contributed by atoms with Gasteiger partial charge in [-0.2, -0.15) is 0 Å². The van der Waals surface area contributed by atoms with Crippen LogP contribution in [0, 0.1) is 5.92 Å². The molecule has 0 radical (unpaired) electrons. The van der Waals surface area contributed by atoms with Crippen LogP contribution in [0.25, 0.3) is 11.0 Å². The third kappa shape index (κ3) is 2.13. The summed E-state index contributed by atoms with van der Waals surface area (Å²) >= 11 is 6.00. The van der Waals surface area contributed by atoms with Crippen molar-refractivity contribution in [3.8, 4) is 0 Å². The molecule has 3 rings (SSSR count). The van der Waals surface area contributed by atoms with Crippen molar-refractivity contribution in [2.24, 2.45) is 11.7 Å². The van der Waals surface area contributed by atoms with E-state index >= 15 is 0 Å². The van der Waals surface area contributed by atoms with Gasteiger partial charge >= 0.3 is 0 Å². The van der Waals surface area contributed by atoms with Crippen molar-refractivity contribution in [2.75, 3.05) is 6.54 Å². The fourth-order valence-corrected chi connectivity index (χ4v) is 3.20. The van der Waals surface area contributed by atoms with E-state index < -0.39 is 0 Å². The van der Waals surface area contributed by atoms with Crippen LogP contribution in [-0.4, -0.2) is 16.5 Å². The largest absolute Gasteiger partial charge is 0.342 e. The Hall–Kier alpha value is -1.06. The smallest absolute Gasteiger partial charge is 0.110 e. The number of imidazole rings is 1. The molecule has 1 heterocycles. The fraction of sp³-hybridized carbons (Fsp3) is 0.500. The van der Waals surface area contributed by atoms with Crippen LogP contribution in [0.3, 0.4) is 0 Å². The predicted molar refractivity (Wildman–Crippen MR) is 74.9 cm³/mol. The van der Waals surface area contributed by atoms with Gasteiger partial charge < -0.3 is 10.7 Å². The number of aromatic nitrogens is 2. The zero-order chi connectivity index (χ0) is 12.5. The maximum atomic E-state index is 6.00. The molecule has 1 fully saturated rings. The monoisotopic (exact) mass is 263 g/mol. The molecular formula is C14H18ClN3. The predicted octanol–water partition coefficient (Wildman–Crippen LogP) is 3.45. The molecule has 1 aliphatic carbocycles. The van der Waals surface area contributed by atoms with Gasteiger partial charge in [0.15, 0.2) is 0 Å². The van der Waals surface area contributed by atoms with Crippen LogP contribution in [0.15, 0.2) is 18.2 Å². The molecule has 0 amide bonds. The van der Waals surface area contributed by atoms with Crippen LogP contribution in [0.2, 0.25) is 5.02 Å². The molecule has 1 aliphatic rings. The van der Waals surface area contributed by atoms with Gasteiger partial charge in [-0.3, -0.25) is 0 Å². The zero-order valence-corrected chi connectivity index (χ0v) is 11.1. The van der Waals surface area contributed by atoms with Gasteiger partial charge in [0.2, 0.25) is 0 Å². The maximum Gasteiger partial charge on any atom is 0.110 e. The first kappa shape index (κ1) is 12.0. The average Bonchev–Trinajstić information content (AvgIpc) is 2.81. The lowest BCUT2D eigenvalue weighted by Crippen LogP contribution is -2.25. The summed E-state index contributed by atoms with van der Waals surface area (Å²) in [5.74, 6) is 2.13. The Morgan fingerprint density at radius 2 is 2.17 bits per heavy atom. The van der Waals surface area contributed by atoms with Gasteiger partial charge in [0, 0.05) is 10.9 Å². The van der Waals surface area contributed by atoms with E-state index in [1.807, 2.05) is 18.2 Å². The highest BCUT2D eigenvalue weighted by Crippen LogP contribution is 2.36. The molecule has 3 N–H and O–H groups in total. The standard InChI is InChI=1S/C14H18ClN3/c15-10-5-6-12-13(7-10)18-14(17-12)11-4-2-1-3-9(11)8-16/h5-7,9,11H,1-4,8,16H2,(H,17,18). The number of nitrogens with two attached hydrogens (primary N) is 1. The van der Waals surface area contributed by atoms with Crippen LogP contribution >= 0.6 is 11.6 Å². The van der Waals surface area contributed by atoms with E-state index in [9.17, 15) is 0 Å². The molecule has 4 heteroatoms. The van der Waals surface area contributed by atoms with Crippen molar-refractivity contribution in [2.45, 2.75) is 31.6 Å². The second-order valence-corrected chi connectivity index (χ2v) is 5.61. The molecule has 1 aromatic heterocycles. The lowest BCUT2D eigenvalue weighted by molar-refractivity contribution is 0.306. The van der Waals surface area contributed by atoms with Crippen molar-refractivity contribution >= 4 is 22.6 Å². The van der Waals surface area contributed by atoms with Crippen molar-refractivity contribution in [3.05, 3.63) is 29.0 Å². The Balaban J connectivity index is 1.97. The number of benzene rings is 1. The van der Waals surface area contributed by atoms with Crippen molar-refractivity contribution < 1.29 is 0 Å². The van der Waals surface area contributed by atoms with Crippen molar-refractivity contribution in [1.82, 2.24) is 9.97 Å². The normalized spacial score (nSPS) is 24.6. The van der Waals surface area contributed by atoms with E-state index in [1.54, 1.807) is 0 Å². The first-order valence-corrected chi connectivity index (χ1v) is 7.01. The number of aromatic amines is 1. The Bertz CT molecular complexity index is 549. The van der Waals surface area contributed by atoms with Crippen molar-refractivity contribution in [3.63, 3.8) is 0 Å². The highest BCUT2D eigenvalue weighted by Gasteiger charge is 2.27. The summed E-state index contributed by atoms with van der Waals surface area (Å²) in [6.07, 6.45) is 4.98. The summed E-state index contributed by atoms with van der Waals surface area (Å²) in [5.41, 5.74) is 7.91. The first-order valence-electron chi connectivity index (χ1n) is 6.63. The summed E-state index contributed by atoms with van der Waals surface area (Å²) < 4.78 is 0. The van der Waals surface area contributed by atoms with E-state index in [4.69, 9.17) is 22.3 Å². The van der Waals surface area contributed by atoms with E-state index in [0.717, 1.165) is 28.4 Å². The first-order chi connectivity index (χ1) is 8.78. The van der Waals surface area contributed by atoms with Crippen LogP contribution in [0.5, 0.6) is 0 Å². The number of H-pyrrole nitrogens is 1. The molecule has 96 valence electrons. The molecule has 2 aromatic rings. The number of halogens is 1. The molecule has 3 nitrogen and oxygen atoms in total. The molecule has 2 atom stereocenters. The summed E-state index contributed by atoms with van der Waals surface area (Å²) in [4.78, 5) is 8.13. The lowest BCUT2D eigenvalue weighted by Gasteiger charge is -2.28. The average molecular weight is 264 g/mol. The quantitative estimate of drug-likeness (QED) is 0.872. The highest BCUT2D eigenvalue weighted by molar-refractivity contribution is 6.31. The van der Waals surface area contributed by atoms with Crippen LogP contribution in [0.1, 0.15) is 37.4 Å². The van der Waals surface area contributed by atoms with E-state index in [1.165, 1.54) is 25.7 Å². The number of hydrogen-bond donors (Lipinski definition) is 2. The van der Waals surface area contributed by atoms with Crippen molar-refractivity contribution in [1.29, 1.82) is 0 Å². The summed E-state index contributed by atoms with van der Waals surface area (Å²) in [7, 11) is 0. The molecule has 1 aromatic carbocycles. The van der Waals surface area contributed by atoms with Gasteiger partial charge in [-0.05, 0) is 43.5 Å². The fourth-order valence-electron chi connectivity index (χ4n) is 3.03. The lowest BCUT2D eigenvalue weighted by atomic mass is 9.79. The third-order valence-electron chi connectivity index (χ3n) is 4.03. The summed E-state index contributed by atoms with van der Waals surface area (Å²) in [5, 5.41) is 0.747. The molecule has 1 saturated carbocycles. The minimum absolute atomic E-state index is 0.481. The van der Waals surface area contributed by atoms with Gasteiger partial charge in [0.1, 0.15) is 5.82 Å². The molecule has 2 unspecified atom stereocenters. The number of rotatable bonds is 2. The molecule has 0 saturated heterocycles. The van der Waals surface area contributed by atoms with Gasteiger partial charge in [-0.15, -0.1) is 0 Å². The Morgan fingerprint density at radius 3 is 3.00 bits per heavy atom.